The van der Waals surface area contributed by atoms with Crippen LogP contribution < -0.4 is 15.4 Å². The van der Waals surface area contributed by atoms with Crippen molar-refractivity contribution in [1.29, 1.82) is 5.26 Å². The first kappa shape index (κ1) is 17.5. The van der Waals surface area contributed by atoms with Crippen molar-refractivity contribution >= 4 is 23.0 Å². The number of carbonyl (C=O) groups is 1. The molecule has 2 aromatic rings. The van der Waals surface area contributed by atoms with Crippen molar-refractivity contribution in [2.75, 3.05) is 17.7 Å². The van der Waals surface area contributed by atoms with Crippen molar-refractivity contribution in [3.05, 3.63) is 70.4 Å². The smallest absolute Gasteiger partial charge is 0.269 e. The van der Waals surface area contributed by atoms with Crippen LogP contribution >= 0.6 is 0 Å². The van der Waals surface area contributed by atoms with Crippen LogP contribution in [0.15, 0.2) is 60.3 Å². The first-order valence-electron chi connectivity index (χ1n) is 7.10. The van der Waals surface area contributed by atoms with Crippen molar-refractivity contribution in [2.45, 2.75) is 0 Å². The standard InChI is InChI=1S/C17H14N4O4/c1-25-16-5-3-2-4-15(16)19-11-12(10-18)17(22)20-13-6-8-14(9-7-13)21(23)24/h2-9,11,19H,1H3,(H,20,22)/b12-11-. The number of methoxy groups -OCH3 is 1. The number of nitro groups is 1. The second-order valence-corrected chi connectivity index (χ2v) is 4.77. The van der Waals surface area contributed by atoms with Gasteiger partial charge in [-0.3, -0.25) is 14.9 Å². The molecule has 2 rings (SSSR count). The predicted molar refractivity (Wildman–Crippen MR) is 92.0 cm³/mol. The molecular weight excluding hydrogens is 324 g/mol. The van der Waals surface area contributed by atoms with E-state index in [9.17, 15) is 14.9 Å². The number of nitrogens with zero attached hydrogens (tertiary/aromatic N) is 2. The number of carbonyl (C=O) groups excluding carboxylic acids is 1. The molecule has 0 saturated carbocycles. The third kappa shape index (κ3) is 4.56. The van der Waals surface area contributed by atoms with E-state index >= 15 is 0 Å². The number of nitrogens with one attached hydrogen (secondary N) is 2. The van der Waals surface area contributed by atoms with Crippen LogP contribution in [-0.2, 0) is 4.79 Å². The Morgan fingerprint density at radius 2 is 1.92 bits per heavy atom. The van der Waals surface area contributed by atoms with Crippen molar-refractivity contribution in [3.63, 3.8) is 0 Å². The highest BCUT2D eigenvalue weighted by molar-refractivity contribution is 6.06. The Labute approximate surface area is 143 Å². The lowest BCUT2D eigenvalue weighted by Gasteiger charge is -2.08. The van der Waals surface area contributed by atoms with E-state index in [1.165, 1.54) is 37.6 Å². The van der Waals surface area contributed by atoms with E-state index in [1.807, 2.05) is 0 Å². The highest BCUT2D eigenvalue weighted by atomic mass is 16.6. The molecule has 2 N–H and O–H groups in total. The zero-order valence-electron chi connectivity index (χ0n) is 13.2. The maximum Gasteiger partial charge on any atom is 0.269 e. The molecule has 126 valence electrons. The summed E-state index contributed by atoms with van der Waals surface area (Å²) >= 11 is 0. The SMILES string of the molecule is COc1ccccc1N/C=C(/C#N)C(=O)Nc1ccc([N+](=O)[O-])cc1. The first-order chi connectivity index (χ1) is 12.0. The van der Waals surface area contributed by atoms with Crippen molar-refractivity contribution in [3.8, 4) is 11.8 Å². The number of hydrogen-bond donors (Lipinski definition) is 2. The largest absolute Gasteiger partial charge is 0.495 e. The number of nitriles is 1. The molecule has 0 radical (unpaired) electrons. The third-order valence-corrected chi connectivity index (χ3v) is 3.18. The van der Waals surface area contributed by atoms with Gasteiger partial charge in [0, 0.05) is 24.0 Å². The Morgan fingerprint density at radius 3 is 2.52 bits per heavy atom. The molecule has 0 fully saturated rings. The lowest BCUT2D eigenvalue weighted by molar-refractivity contribution is -0.384. The van der Waals surface area contributed by atoms with Crippen LogP contribution in [0.2, 0.25) is 0 Å². The number of hydrogen-bond acceptors (Lipinski definition) is 6. The van der Waals surface area contributed by atoms with E-state index in [1.54, 1.807) is 30.3 Å². The topological polar surface area (TPSA) is 117 Å². The molecule has 2 aromatic carbocycles. The second-order valence-electron chi connectivity index (χ2n) is 4.77. The number of ether oxygens (including phenoxy) is 1. The molecule has 0 aromatic heterocycles. The second kappa shape index (κ2) is 8.12. The van der Waals surface area contributed by atoms with Crippen molar-refractivity contribution in [2.24, 2.45) is 0 Å². The fourth-order valence-corrected chi connectivity index (χ4v) is 1.93. The highest BCUT2D eigenvalue weighted by Gasteiger charge is 2.11. The molecule has 0 bridgehead atoms. The van der Waals surface area contributed by atoms with E-state index in [0.29, 0.717) is 17.1 Å². The fraction of sp³-hybridized carbons (Fsp3) is 0.0588. The van der Waals surface area contributed by atoms with Crippen LogP contribution in [0.5, 0.6) is 5.75 Å². The molecule has 25 heavy (non-hydrogen) atoms. The van der Waals surface area contributed by atoms with Gasteiger partial charge in [-0.2, -0.15) is 5.26 Å². The van der Waals surface area contributed by atoms with Gasteiger partial charge in [0.1, 0.15) is 17.4 Å². The van der Waals surface area contributed by atoms with Gasteiger partial charge in [-0.1, -0.05) is 12.1 Å². The lowest BCUT2D eigenvalue weighted by atomic mass is 10.2. The first-order valence-corrected chi connectivity index (χ1v) is 7.10. The maximum absolute atomic E-state index is 12.1. The third-order valence-electron chi connectivity index (χ3n) is 3.18. The van der Waals surface area contributed by atoms with Crippen LogP contribution in [0.25, 0.3) is 0 Å². The normalized spacial score (nSPS) is 10.5. The summed E-state index contributed by atoms with van der Waals surface area (Å²) in [5, 5.41) is 25.1. The lowest BCUT2D eigenvalue weighted by Crippen LogP contribution is -2.14. The van der Waals surface area contributed by atoms with Crippen LogP contribution in [-0.4, -0.2) is 17.9 Å². The monoisotopic (exact) mass is 338 g/mol. The summed E-state index contributed by atoms with van der Waals surface area (Å²) in [6, 6.07) is 14.1. The minimum absolute atomic E-state index is 0.0908. The molecule has 0 spiro atoms. The zero-order chi connectivity index (χ0) is 18.2. The average molecular weight is 338 g/mol. The van der Waals surface area contributed by atoms with Gasteiger partial charge in [0.15, 0.2) is 0 Å². The van der Waals surface area contributed by atoms with E-state index in [4.69, 9.17) is 10.00 Å². The predicted octanol–water partition coefficient (Wildman–Crippen LogP) is 3.06. The molecule has 8 nitrogen and oxygen atoms in total. The highest BCUT2D eigenvalue weighted by Crippen LogP contribution is 2.23. The fourth-order valence-electron chi connectivity index (χ4n) is 1.93. The summed E-state index contributed by atoms with van der Waals surface area (Å²) in [5.74, 6) is -0.0782. The number of anilines is 2. The Bertz CT molecular complexity index is 854. The molecule has 0 atom stereocenters. The van der Waals surface area contributed by atoms with E-state index in [0.717, 1.165) is 0 Å². The van der Waals surface area contributed by atoms with Crippen LogP contribution in [0.1, 0.15) is 0 Å². The average Bonchev–Trinajstić information content (AvgIpc) is 2.63. The van der Waals surface area contributed by atoms with Gasteiger partial charge in [0.05, 0.1) is 17.7 Å². The number of rotatable bonds is 6. The van der Waals surface area contributed by atoms with Crippen LogP contribution in [0, 0.1) is 21.4 Å². The minimum atomic E-state index is -0.640. The molecule has 1 amide bonds. The van der Waals surface area contributed by atoms with Crippen molar-refractivity contribution < 1.29 is 14.5 Å². The maximum atomic E-state index is 12.1. The van der Waals surface area contributed by atoms with E-state index < -0.39 is 10.8 Å². The van der Waals surface area contributed by atoms with E-state index in [-0.39, 0.29) is 11.3 Å². The van der Waals surface area contributed by atoms with Crippen molar-refractivity contribution in [1.82, 2.24) is 0 Å². The Balaban J connectivity index is 2.10. The molecule has 8 heteroatoms. The summed E-state index contributed by atoms with van der Waals surface area (Å²) in [4.78, 5) is 22.2. The summed E-state index contributed by atoms with van der Waals surface area (Å²) < 4.78 is 5.17. The molecule has 0 aliphatic rings. The van der Waals surface area contributed by atoms with Gasteiger partial charge in [-0.25, -0.2) is 0 Å². The Hall–Kier alpha value is -3.86. The summed E-state index contributed by atoms with van der Waals surface area (Å²) in [6.07, 6.45) is 1.26. The van der Waals surface area contributed by atoms with Crippen LogP contribution in [0.3, 0.4) is 0 Å². The Morgan fingerprint density at radius 1 is 1.24 bits per heavy atom. The molecule has 0 aliphatic carbocycles. The molecular formula is C17H14N4O4. The van der Waals surface area contributed by atoms with E-state index in [2.05, 4.69) is 10.6 Å². The number of para-hydroxylation sites is 2. The number of benzene rings is 2. The molecule has 0 saturated heterocycles. The van der Waals surface area contributed by atoms with Gasteiger partial charge in [-0.05, 0) is 24.3 Å². The summed E-state index contributed by atoms with van der Waals surface area (Å²) in [5.41, 5.74) is 0.686. The summed E-state index contributed by atoms with van der Waals surface area (Å²) in [6.45, 7) is 0. The number of non-ortho nitro benzene ring substituents is 1. The minimum Gasteiger partial charge on any atom is -0.495 e. The van der Waals surface area contributed by atoms with Gasteiger partial charge in [0.25, 0.3) is 11.6 Å². The van der Waals surface area contributed by atoms with Gasteiger partial charge >= 0.3 is 0 Å². The molecule has 0 heterocycles. The van der Waals surface area contributed by atoms with Gasteiger partial charge in [-0.15, -0.1) is 0 Å². The summed E-state index contributed by atoms with van der Waals surface area (Å²) in [7, 11) is 1.51. The molecule has 0 aliphatic heterocycles. The quantitative estimate of drug-likeness (QED) is 0.362. The van der Waals surface area contributed by atoms with Gasteiger partial charge in [0.2, 0.25) is 0 Å². The zero-order valence-corrected chi connectivity index (χ0v) is 13.2. The van der Waals surface area contributed by atoms with Crippen LogP contribution in [0.4, 0.5) is 17.1 Å². The molecule has 0 unspecified atom stereocenters. The number of nitro benzene ring substituents is 1. The Kier molecular flexibility index (Phi) is 5.68. The van der Waals surface area contributed by atoms with Gasteiger partial charge < -0.3 is 15.4 Å². The number of amides is 1.